The normalized spacial score (nSPS) is 10.9. The molecule has 0 saturated carbocycles. The number of hydrogen-bond donors (Lipinski definition) is 2. The second kappa shape index (κ2) is 10.9. The number of carbonyl (C=O) groups excluding carboxylic acids is 2. The van der Waals surface area contributed by atoms with Crippen molar-refractivity contribution in [2.75, 3.05) is 19.0 Å². The van der Waals surface area contributed by atoms with Crippen LogP contribution in [0.1, 0.15) is 21.7 Å². The fourth-order valence-electron chi connectivity index (χ4n) is 3.21. The first-order chi connectivity index (χ1) is 16.9. The summed E-state index contributed by atoms with van der Waals surface area (Å²) in [7, 11) is 1.49. The van der Waals surface area contributed by atoms with Gasteiger partial charge in [-0.2, -0.15) is 5.10 Å². The lowest BCUT2D eigenvalue weighted by atomic mass is 10.2. The molecule has 0 atom stereocenters. The van der Waals surface area contributed by atoms with Gasteiger partial charge in [-0.25, -0.2) is 5.43 Å². The number of anilines is 1. The molecule has 35 heavy (non-hydrogen) atoms. The average molecular weight is 536 g/mol. The highest BCUT2D eigenvalue weighted by Gasteiger charge is 2.13. The number of nitrogens with zero attached hydrogens (tertiary/aromatic N) is 1. The molecule has 9 heteroatoms. The smallest absolute Gasteiger partial charge is 0.307 e. The predicted octanol–water partition coefficient (Wildman–Crippen LogP) is 5.29. The Morgan fingerprint density at radius 1 is 1.06 bits per heavy atom. The van der Waals surface area contributed by atoms with Crippen molar-refractivity contribution in [1.82, 2.24) is 5.43 Å². The number of methoxy groups -OCH3 is 1. The highest BCUT2D eigenvalue weighted by molar-refractivity contribution is 9.10. The summed E-state index contributed by atoms with van der Waals surface area (Å²) in [5, 5.41) is 7.61. The molecule has 0 aliphatic heterocycles. The zero-order valence-corrected chi connectivity index (χ0v) is 20.6. The topological polar surface area (TPSA) is 102 Å². The van der Waals surface area contributed by atoms with Crippen molar-refractivity contribution in [2.24, 2.45) is 5.10 Å². The standard InChI is InChI=1S/C26H22BrN3O5/c1-16-7-9-19(10-8-16)29-25(31)15-34-23-13-20(27)18(12-22(23)33-2)14-28-30-26(32)24-11-17-5-3-4-6-21(17)35-24/h3-14H,15H2,1-2H3,(H,29,31)(H,30,32)/b28-14+. The lowest BCUT2D eigenvalue weighted by Crippen LogP contribution is -2.20. The predicted molar refractivity (Wildman–Crippen MR) is 137 cm³/mol. The Balaban J connectivity index is 1.38. The number of hydrogen-bond acceptors (Lipinski definition) is 6. The van der Waals surface area contributed by atoms with E-state index in [0.717, 1.165) is 10.9 Å². The minimum atomic E-state index is -0.472. The maximum Gasteiger partial charge on any atom is 0.307 e. The van der Waals surface area contributed by atoms with Crippen LogP contribution in [-0.4, -0.2) is 31.7 Å². The summed E-state index contributed by atoms with van der Waals surface area (Å²) in [4.78, 5) is 24.6. The highest BCUT2D eigenvalue weighted by Crippen LogP contribution is 2.33. The van der Waals surface area contributed by atoms with E-state index in [2.05, 4.69) is 31.8 Å². The maximum absolute atomic E-state index is 12.4. The van der Waals surface area contributed by atoms with Crippen molar-refractivity contribution in [3.63, 3.8) is 0 Å². The van der Waals surface area contributed by atoms with Gasteiger partial charge in [-0.15, -0.1) is 0 Å². The summed E-state index contributed by atoms with van der Waals surface area (Å²) in [6.45, 7) is 1.78. The monoisotopic (exact) mass is 535 g/mol. The van der Waals surface area contributed by atoms with Crippen LogP contribution in [0.15, 0.2) is 80.7 Å². The first-order valence-corrected chi connectivity index (χ1v) is 11.4. The molecule has 0 unspecified atom stereocenters. The molecule has 2 N–H and O–H groups in total. The van der Waals surface area contributed by atoms with Gasteiger partial charge in [0.1, 0.15) is 5.58 Å². The molecule has 3 aromatic carbocycles. The van der Waals surface area contributed by atoms with E-state index in [9.17, 15) is 9.59 Å². The molecule has 2 amide bonds. The summed E-state index contributed by atoms with van der Waals surface area (Å²) < 4.78 is 17.2. The number of furan rings is 1. The molecule has 4 aromatic rings. The molecule has 0 saturated heterocycles. The number of para-hydroxylation sites is 1. The van der Waals surface area contributed by atoms with Crippen LogP contribution in [0.5, 0.6) is 11.5 Å². The van der Waals surface area contributed by atoms with E-state index in [0.29, 0.717) is 32.8 Å². The van der Waals surface area contributed by atoms with Crippen molar-refractivity contribution in [2.45, 2.75) is 6.92 Å². The van der Waals surface area contributed by atoms with Crippen molar-refractivity contribution >= 4 is 50.6 Å². The van der Waals surface area contributed by atoms with Gasteiger partial charge in [0.2, 0.25) is 0 Å². The van der Waals surface area contributed by atoms with E-state index in [4.69, 9.17) is 13.9 Å². The molecule has 0 radical (unpaired) electrons. The zero-order valence-electron chi connectivity index (χ0n) is 19.0. The minimum absolute atomic E-state index is 0.160. The van der Waals surface area contributed by atoms with Gasteiger partial charge in [-0.3, -0.25) is 9.59 Å². The van der Waals surface area contributed by atoms with Crippen LogP contribution < -0.4 is 20.2 Å². The molecule has 4 rings (SSSR count). The fourth-order valence-corrected chi connectivity index (χ4v) is 3.63. The lowest BCUT2D eigenvalue weighted by Gasteiger charge is -2.13. The molecular formula is C26H22BrN3O5. The number of nitrogens with one attached hydrogen (secondary N) is 2. The van der Waals surface area contributed by atoms with E-state index < -0.39 is 5.91 Å². The van der Waals surface area contributed by atoms with Gasteiger partial charge in [-0.05, 0) is 59.3 Å². The third-order valence-electron chi connectivity index (χ3n) is 5.00. The number of aryl methyl sites for hydroxylation is 1. The van der Waals surface area contributed by atoms with Crippen LogP contribution in [0.25, 0.3) is 11.0 Å². The van der Waals surface area contributed by atoms with Crippen molar-refractivity contribution in [1.29, 1.82) is 0 Å². The largest absolute Gasteiger partial charge is 0.493 e. The van der Waals surface area contributed by atoms with Gasteiger partial charge < -0.3 is 19.2 Å². The Kier molecular flexibility index (Phi) is 7.47. The fraction of sp³-hybridized carbons (Fsp3) is 0.115. The Hall–Kier alpha value is -4.11. The van der Waals surface area contributed by atoms with Crippen molar-refractivity contribution < 1.29 is 23.5 Å². The number of ether oxygens (including phenoxy) is 2. The molecule has 1 heterocycles. The third-order valence-corrected chi connectivity index (χ3v) is 5.68. The van der Waals surface area contributed by atoms with E-state index in [-0.39, 0.29) is 18.3 Å². The first kappa shape index (κ1) is 24.0. The average Bonchev–Trinajstić information content (AvgIpc) is 3.30. The van der Waals surface area contributed by atoms with Crippen LogP contribution in [0.4, 0.5) is 5.69 Å². The Morgan fingerprint density at radius 2 is 1.83 bits per heavy atom. The number of benzene rings is 3. The van der Waals surface area contributed by atoms with E-state index in [1.54, 1.807) is 24.3 Å². The summed E-state index contributed by atoms with van der Waals surface area (Å²) >= 11 is 3.45. The number of rotatable bonds is 8. The Morgan fingerprint density at radius 3 is 2.57 bits per heavy atom. The molecule has 0 fully saturated rings. The van der Waals surface area contributed by atoms with Gasteiger partial charge in [0, 0.05) is 21.1 Å². The summed E-state index contributed by atoms with van der Waals surface area (Å²) in [5.41, 5.74) is 5.49. The SMILES string of the molecule is COc1cc(/C=N/NC(=O)c2cc3ccccc3o2)c(Br)cc1OCC(=O)Nc1ccc(C)cc1. The van der Waals surface area contributed by atoms with Gasteiger partial charge in [0.25, 0.3) is 5.91 Å². The summed E-state index contributed by atoms with van der Waals surface area (Å²) in [6, 6.07) is 19.8. The lowest BCUT2D eigenvalue weighted by molar-refractivity contribution is -0.118. The van der Waals surface area contributed by atoms with E-state index >= 15 is 0 Å². The molecule has 0 bridgehead atoms. The van der Waals surface area contributed by atoms with Crippen LogP contribution >= 0.6 is 15.9 Å². The summed E-state index contributed by atoms with van der Waals surface area (Å²) in [6.07, 6.45) is 1.46. The number of hydrazone groups is 1. The molecule has 8 nitrogen and oxygen atoms in total. The number of carbonyl (C=O) groups is 2. The zero-order chi connectivity index (χ0) is 24.8. The second-order valence-electron chi connectivity index (χ2n) is 7.58. The van der Waals surface area contributed by atoms with Crippen LogP contribution in [0.3, 0.4) is 0 Å². The quantitative estimate of drug-likeness (QED) is 0.235. The Labute approximate surface area is 210 Å². The van der Waals surface area contributed by atoms with Crippen molar-refractivity contribution in [3.8, 4) is 11.5 Å². The number of fused-ring (bicyclic) bond motifs is 1. The molecule has 0 aliphatic rings. The van der Waals surface area contributed by atoms with Gasteiger partial charge >= 0.3 is 5.91 Å². The van der Waals surface area contributed by atoms with Crippen LogP contribution in [-0.2, 0) is 4.79 Å². The molecule has 0 aliphatic carbocycles. The molecule has 0 spiro atoms. The van der Waals surface area contributed by atoms with E-state index in [1.165, 1.54) is 13.3 Å². The molecular weight excluding hydrogens is 514 g/mol. The van der Waals surface area contributed by atoms with Gasteiger partial charge in [0.15, 0.2) is 23.9 Å². The van der Waals surface area contributed by atoms with Gasteiger partial charge in [-0.1, -0.05) is 35.9 Å². The molecule has 1 aromatic heterocycles. The maximum atomic E-state index is 12.4. The summed E-state index contributed by atoms with van der Waals surface area (Å²) in [5.74, 6) is 0.169. The number of halogens is 1. The van der Waals surface area contributed by atoms with Crippen molar-refractivity contribution in [3.05, 3.63) is 88.1 Å². The minimum Gasteiger partial charge on any atom is -0.493 e. The van der Waals surface area contributed by atoms with Crippen LogP contribution in [0.2, 0.25) is 0 Å². The number of amides is 2. The first-order valence-electron chi connectivity index (χ1n) is 10.6. The second-order valence-corrected chi connectivity index (χ2v) is 8.43. The van der Waals surface area contributed by atoms with Gasteiger partial charge in [0.05, 0.1) is 13.3 Å². The highest BCUT2D eigenvalue weighted by atomic mass is 79.9. The Bertz CT molecular complexity index is 1360. The molecule has 178 valence electrons. The van der Waals surface area contributed by atoms with E-state index in [1.807, 2.05) is 49.4 Å². The van der Waals surface area contributed by atoms with Crippen LogP contribution in [0, 0.1) is 6.92 Å². The third kappa shape index (κ3) is 6.07.